The van der Waals surface area contributed by atoms with E-state index in [1.165, 1.54) is 0 Å². The van der Waals surface area contributed by atoms with E-state index in [0.29, 0.717) is 6.42 Å². The third-order valence-corrected chi connectivity index (χ3v) is 5.68. The number of nitrogens with zero attached hydrogens (tertiary/aromatic N) is 1. The number of nitrogens with one attached hydrogen (secondary N) is 1. The molecule has 0 aromatic heterocycles. The second-order valence-electron chi connectivity index (χ2n) is 5.52. The molecule has 0 radical (unpaired) electrons. The number of carbonyl (C=O) groups is 1. The van der Waals surface area contributed by atoms with Crippen molar-refractivity contribution in [3.05, 3.63) is 30.3 Å². The minimum atomic E-state index is -3.01. The van der Waals surface area contributed by atoms with Crippen LogP contribution < -0.4 is 5.32 Å². The van der Waals surface area contributed by atoms with Crippen molar-refractivity contribution >= 4 is 21.6 Å². The standard InChI is InChI=1S/C15H22N2O3S/c1-3-12(2)17(14-9-10-21(19,20)11-14)15(18)16-13-7-5-4-6-8-13/h4-8,12,14H,3,9-11H2,1-2H3,(H,16,18). The SMILES string of the molecule is CCC(C)N(C(=O)Nc1ccccc1)C1CCS(=O)(=O)C1. The molecule has 2 atom stereocenters. The van der Waals surface area contributed by atoms with E-state index in [2.05, 4.69) is 5.32 Å². The molecule has 5 nitrogen and oxygen atoms in total. The number of hydrogen-bond donors (Lipinski definition) is 1. The Kier molecular flexibility index (Phi) is 4.88. The first-order chi connectivity index (χ1) is 9.93. The van der Waals surface area contributed by atoms with E-state index in [4.69, 9.17) is 0 Å². The molecule has 1 saturated heterocycles. The first kappa shape index (κ1) is 15.8. The van der Waals surface area contributed by atoms with E-state index in [-0.39, 0.29) is 29.6 Å². The highest BCUT2D eigenvalue weighted by atomic mass is 32.2. The van der Waals surface area contributed by atoms with Gasteiger partial charge in [0.25, 0.3) is 0 Å². The van der Waals surface area contributed by atoms with Crippen LogP contribution in [-0.2, 0) is 9.84 Å². The zero-order valence-corrected chi connectivity index (χ0v) is 13.3. The number of amides is 2. The van der Waals surface area contributed by atoms with Crippen LogP contribution in [0.3, 0.4) is 0 Å². The van der Waals surface area contributed by atoms with Crippen LogP contribution in [0.15, 0.2) is 30.3 Å². The van der Waals surface area contributed by atoms with E-state index < -0.39 is 9.84 Å². The van der Waals surface area contributed by atoms with Crippen LogP contribution in [0.5, 0.6) is 0 Å². The Morgan fingerprint density at radius 3 is 2.57 bits per heavy atom. The second kappa shape index (κ2) is 6.47. The Labute approximate surface area is 126 Å². The molecule has 1 N–H and O–H groups in total. The summed E-state index contributed by atoms with van der Waals surface area (Å²) in [5.41, 5.74) is 0.719. The molecule has 2 amide bonds. The van der Waals surface area contributed by atoms with Crippen molar-refractivity contribution in [2.24, 2.45) is 0 Å². The van der Waals surface area contributed by atoms with Gasteiger partial charge in [-0.3, -0.25) is 0 Å². The zero-order valence-electron chi connectivity index (χ0n) is 12.5. The van der Waals surface area contributed by atoms with Gasteiger partial charge in [0.1, 0.15) is 0 Å². The summed E-state index contributed by atoms with van der Waals surface area (Å²) in [6, 6.07) is 8.77. The number of benzene rings is 1. The van der Waals surface area contributed by atoms with Gasteiger partial charge in [-0.05, 0) is 31.9 Å². The first-order valence-electron chi connectivity index (χ1n) is 7.27. The molecule has 1 aromatic carbocycles. The Bertz CT molecular complexity index is 586. The van der Waals surface area contributed by atoms with E-state index >= 15 is 0 Å². The smallest absolute Gasteiger partial charge is 0.318 e. The molecule has 0 aliphatic carbocycles. The van der Waals surface area contributed by atoms with Crippen LogP contribution in [0.2, 0.25) is 0 Å². The second-order valence-corrected chi connectivity index (χ2v) is 7.75. The van der Waals surface area contributed by atoms with Gasteiger partial charge in [0.2, 0.25) is 0 Å². The monoisotopic (exact) mass is 310 g/mol. The van der Waals surface area contributed by atoms with Crippen LogP contribution in [0, 0.1) is 0 Å². The maximum absolute atomic E-state index is 12.5. The summed E-state index contributed by atoms with van der Waals surface area (Å²) in [6.45, 7) is 3.95. The minimum absolute atomic E-state index is 0.00649. The van der Waals surface area contributed by atoms with Crippen molar-refractivity contribution in [2.75, 3.05) is 16.8 Å². The lowest BCUT2D eigenvalue weighted by Gasteiger charge is -2.33. The lowest BCUT2D eigenvalue weighted by Crippen LogP contribution is -2.48. The van der Waals surface area contributed by atoms with Crippen LogP contribution in [0.25, 0.3) is 0 Å². The van der Waals surface area contributed by atoms with Crippen molar-refractivity contribution in [3.63, 3.8) is 0 Å². The van der Waals surface area contributed by atoms with Crippen molar-refractivity contribution < 1.29 is 13.2 Å². The average Bonchev–Trinajstić information content (AvgIpc) is 2.79. The summed E-state index contributed by atoms with van der Waals surface area (Å²) in [6.07, 6.45) is 1.31. The van der Waals surface area contributed by atoms with E-state index in [1.807, 2.05) is 44.2 Å². The number of sulfone groups is 1. The number of para-hydroxylation sites is 1. The normalized spacial score (nSPS) is 21.7. The molecule has 0 bridgehead atoms. The topological polar surface area (TPSA) is 66.5 Å². The molecule has 2 rings (SSSR count). The fraction of sp³-hybridized carbons (Fsp3) is 0.533. The summed E-state index contributed by atoms with van der Waals surface area (Å²) in [5.74, 6) is 0.239. The number of anilines is 1. The van der Waals surface area contributed by atoms with Crippen molar-refractivity contribution in [1.29, 1.82) is 0 Å². The van der Waals surface area contributed by atoms with Crippen molar-refractivity contribution in [2.45, 2.75) is 38.8 Å². The summed E-state index contributed by atoms with van der Waals surface area (Å²) in [7, 11) is -3.01. The fourth-order valence-corrected chi connectivity index (χ4v) is 4.34. The van der Waals surface area contributed by atoms with Crippen LogP contribution in [0.1, 0.15) is 26.7 Å². The molecule has 1 aliphatic heterocycles. The first-order valence-corrected chi connectivity index (χ1v) is 9.10. The molecule has 21 heavy (non-hydrogen) atoms. The quantitative estimate of drug-likeness (QED) is 0.929. The van der Waals surface area contributed by atoms with Gasteiger partial charge in [-0.2, -0.15) is 0 Å². The minimum Gasteiger partial charge on any atom is -0.318 e. The number of hydrogen-bond acceptors (Lipinski definition) is 3. The summed E-state index contributed by atoms with van der Waals surface area (Å²) in [4.78, 5) is 14.2. The molecule has 1 aromatic rings. The maximum atomic E-state index is 12.5. The van der Waals surface area contributed by atoms with Crippen molar-refractivity contribution in [1.82, 2.24) is 4.90 Å². The van der Waals surface area contributed by atoms with Gasteiger partial charge in [0.05, 0.1) is 11.5 Å². The van der Waals surface area contributed by atoms with Gasteiger partial charge in [-0.1, -0.05) is 25.1 Å². The number of carbonyl (C=O) groups excluding carboxylic acids is 1. The molecule has 116 valence electrons. The van der Waals surface area contributed by atoms with Gasteiger partial charge < -0.3 is 10.2 Å². The lowest BCUT2D eigenvalue weighted by atomic mass is 10.1. The molecule has 6 heteroatoms. The molecule has 1 fully saturated rings. The van der Waals surface area contributed by atoms with Gasteiger partial charge in [0, 0.05) is 17.8 Å². The Morgan fingerprint density at radius 1 is 1.38 bits per heavy atom. The molecular formula is C15H22N2O3S. The summed E-state index contributed by atoms with van der Waals surface area (Å²) >= 11 is 0. The van der Waals surface area contributed by atoms with Crippen LogP contribution in [-0.4, -0.2) is 42.9 Å². The summed E-state index contributed by atoms with van der Waals surface area (Å²) < 4.78 is 23.4. The van der Waals surface area contributed by atoms with Gasteiger partial charge >= 0.3 is 6.03 Å². The largest absolute Gasteiger partial charge is 0.322 e. The highest BCUT2D eigenvalue weighted by Crippen LogP contribution is 2.22. The molecule has 0 saturated carbocycles. The van der Waals surface area contributed by atoms with Crippen LogP contribution >= 0.6 is 0 Å². The predicted molar refractivity (Wildman–Crippen MR) is 84.1 cm³/mol. The highest BCUT2D eigenvalue weighted by Gasteiger charge is 2.36. The van der Waals surface area contributed by atoms with E-state index in [0.717, 1.165) is 12.1 Å². The molecular weight excluding hydrogens is 288 g/mol. The third kappa shape index (κ3) is 3.97. The summed E-state index contributed by atoms with van der Waals surface area (Å²) in [5, 5.41) is 2.85. The van der Waals surface area contributed by atoms with Gasteiger partial charge in [0.15, 0.2) is 9.84 Å². The Hall–Kier alpha value is -1.56. The number of urea groups is 1. The molecule has 2 unspecified atom stereocenters. The van der Waals surface area contributed by atoms with Crippen LogP contribution in [0.4, 0.5) is 10.5 Å². The van der Waals surface area contributed by atoms with Crippen molar-refractivity contribution in [3.8, 4) is 0 Å². The highest BCUT2D eigenvalue weighted by molar-refractivity contribution is 7.91. The van der Waals surface area contributed by atoms with E-state index in [9.17, 15) is 13.2 Å². The van der Waals surface area contributed by atoms with Gasteiger partial charge in [-0.25, -0.2) is 13.2 Å². The molecule has 0 spiro atoms. The van der Waals surface area contributed by atoms with E-state index in [1.54, 1.807) is 4.90 Å². The predicted octanol–water partition coefficient (Wildman–Crippen LogP) is 2.51. The zero-order chi connectivity index (χ0) is 15.5. The molecule has 1 aliphatic rings. The maximum Gasteiger partial charge on any atom is 0.322 e. The molecule has 1 heterocycles. The van der Waals surface area contributed by atoms with Gasteiger partial charge in [-0.15, -0.1) is 0 Å². The Balaban J connectivity index is 2.14. The average molecular weight is 310 g/mol. The fourth-order valence-electron chi connectivity index (χ4n) is 2.63. The Morgan fingerprint density at radius 2 is 2.05 bits per heavy atom. The third-order valence-electron chi connectivity index (χ3n) is 3.93. The lowest BCUT2D eigenvalue weighted by molar-refractivity contribution is 0.166. The number of rotatable bonds is 4.